The summed E-state index contributed by atoms with van der Waals surface area (Å²) in [5, 5.41) is 9.78. The average molecular weight is 153 g/mol. The van der Waals surface area contributed by atoms with Crippen LogP contribution in [-0.2, 0) is 0 Å². The van der Waals surface area contributed by atoms with Crippen LogP contribution in [0, 0.1) is 11.8 Å². The van der Waals surface area contributed by atoms with E-state index in [-0.39, 0.29) is 0 Å². The van der Waals surface area contributed by atoms with Crippen LogP contribution in [0.15, 0.2) is 29.4 Å². The minimum absolute atomic E-state index is 0.495. The Balaban J connectivity index is 0.000000461. The molecule has 0 unspecified atom stereocenters. The molecule has 1 aromatic rings. The predicted octanol–water partition coefficient (Wildman–Crippen LogP) is 2.00. The van der Waals surface area contributed by atoms with Gasteiger partial charge in [-0.15, -0.1) is 4.91 Å². The highest BCUT2D eigenvalue weighted by Gasteiger charge is 1.87. The molecule has 0 saturated heterocycles. The van der Waals surface area contributed by atoms with Crippen molar-refractivity contribution in [2.45, 2.75) is 6.92 Å². The van der Waals surface area contributed by atoms with Crippen LogP contribution in [-0.4, -0.2) is 12.2 Å². The Kier molecular flexibility index (Phi) is 4.94. The number of benzene rings is 1. The molecule has 1 aromatic carbocycles. The third-order valence-corrected chi connectivity index (χ3v) is 1.11. The summed E-state index contributed by atoms with van der Waals surface area (Å²) in [6.07, 6.45) is 0. The van der Waals surface area contributed by atoms with Crippen molar-refractivity contribution >= 4 is 5.69 Å². The summed E-state index contributed by atoms with van der Waals surface area (Å²) in [4.78, 5) is 9.91. The zero-order valence-electron chi connectivity index (χ0n) is 6.61. The van der Waals surface area contributed by atoms with E-state index in [0.29, 0.717) is 5.69 Å². The second-order valence-corrected chi connectivity index (χ2v) is 1.93. The zero-order valence-corrected chi connectivity index (χ0v) is 6.61. The van der Waals surface area contributed by atoms with Gasteiger partial charge in [0, 0.05) is 7.11 Å². The van der Waals surface area contributed by atoms with Crippen molar-refractivity contribution in [3.63, 3.8) is 0 Å². The number of aliphatic hydroxyl groups is 1. The van der Waals surface area contributed by atoms with Crippen LogP contribution >= 0.6 is 0 Å². The van der Waals surface area contributed by atoms with Crippen LogP contribution in [0.3, 0.4) is 0 Å². The molecule has 0 aromatic heterocycles. The number of aryl methyl sites for hydroxylation is 1. The van der Waals surface area contributed by atoms with E-state index in [0.717, 1.165) is 12.7 Å². The molecule has 0 spiro atoms. The molecule has 11 heavy (non-hydrogen) atoms. The van der Waals surface area contributed by atoms with Crippen LogP contribution in [0.1, 0.15) is 5.56 Å². The van der Waals surface area contributed by atoms with E-state index in [1.165, 1.54) is 0 Å². The summed E-state index contributed by atoms with van der Waals surface area (Å²) in [5.74, 6) is 0. The molecule has 60 valence electrons. The zero-order chi connectivity index (χ0) is 8.69. The second-order valence-electron chi connectivity index (χ2n) is 1.93. The summed E-state index contributed by atoms with van der Waals surface area (Å²) in [7, 11) is 1.00. The van der Waals surface area contributed by atoms with Crippen molar-refractivity contribution in [2.24, 2.45) is 5.18 Å². The predicted molar refractivity (Wildman–Crippen MR) is 44.8 cm³/mol. The van der Waals surface area contributed by atoms with Crippen LogP contribution in [0.4, 0.5) is 5.69 Å². The molecule has 0 amide bonds. The lowest BCUT2D eigenvalue weighted by Gasteiger charge is -1.88. The van der Waals surface area contributed by atoms with Gasteiger partial charge in [-0.05, 0) is 29.8 Å². The van der Waals surface area contributed by atoms with Gasteiger partial charge in [-0.25, -0.2) is 0 Å². The van der Waals surface area contributed by atoms with Crippen molar-refractivity contribution in [1.29, 1.82) is 0 Å². The largest absolute Gasteiger partial charge is 0.400 e. The van der Waals surface area contributed by atoms with Crippen molar-refractivity contribution in [3.05, 3.63) is 34.7 Å². The average Bonchev–Trinajstić information content (AvgIpc) is 2.08. The van der Waals surface area contributed by atoms with Gasteiger partial charge in [-0.3, -0.25) is 0 Å². The van der Waals surface area contributed by atoms with Gasteiger partial charge in [0.05, 0.1) is 0 Å². The van der Waals surface area contributed by atoms with E-state index in [1.807, 2.05) is 19.1 Å². The van der Waals surface area contributed by atoms with E-state index in [2.05, 4.69) is 5.18 Å². The number of nitroso groups, excluding NO2 is 1. The molecule has 0 aliphatic heterocycles. The van der Waals surface area contributed by atoms with Crippen LogP contribution in [0.2, 0.25) is 0 Å². The monoisotopic (exact) mass is 153 g/mol. The van der Waals surface area contributed by atoms with Gasteiger partial charge in [0.1, 0.15) is 5.69 Å². The lowest BCUT2D eigenvalue weighted by atomic mass is 10.2. The molecule has 0 saturated carbocycles. The molecule has 0 bridgehead atoms. The molecule has 3 nitrogen and oxygen atoms in total. The molecular formula is C8H11NO2. The fourth-order valence-corrected chi connectivity index (χ4v) is 0.685. The molecule has 0 aliphatic rings. The van der Waals surface area contributed by atoms with Crippen molar-refractivity contribution < 1.29 is 5.11 Å². The molecule has 1 rings (SSSR count). The summed E-state index contributed by atoms with van der Waals surface area (Å²) < 4.78 is 0. The highest BCUT2D eigenvalue weighted by atomic mass is 16.3. The number of nitrogens with zero attached hydrogens (tertiary/aromatic N) is 1. The minimum atomic E-state index is 0.495. The first kappa shape index (κ1) is 9.78. The number of aliphatic hydroxyl groups excluding tert-OH is 1. The molecule has 0 heterocycles. The molecule has 1 N–H and O–H groups in total. The second kappa shape index (κ2) is 5.56. The maximum absolute atomic E-state index is 9.91. The first-order valence-corrected chi connectivity index (χ1v) is 3.17. The van der Waals surface area contributed by atoms with Crippen LogP contribution in [0.25, 0.3) is 0 Å². The molecular weight excluding hydrogens is 142 g/mol. The fourth-order valence-electron chi connectivity index (χ4n) is 0.685. The maximum Gasteiger partial charge on any atom is 0.108 e. The highest BCUT2D eigenvalue weighted by molar-refractivity contribution is 5.38. The Hall–Kier alpha value is -1.22. The van der Waals surface area contributed by atoms with Crippen LogP contribution < -0.4 is 0 Å². The van der Waals surface area contributed by atoms with E-state index in [1.54, 1.807) is 12.1 Å². The van der Waals surface area contributed by atoms with Gasteiger partial charge >= 0.3 is 0 Å². The normalized spacial score (nSPS) is 7.91. The van der Waals surface area contributed by atoms with E-state index < -0.39 is 0 Å². The third kappa shape index (κ3) is 3.47. The van der Waals surface area contributed by atoms with Gasteiger partial charge < -0.3 is 5.11 Å². The Morgan fingerprint density at radius 3 is 2.36 bits per heavy atom. The van der Waals surface area contributed by atoms with Gasteiger partial charge in [0.25, 0.3) is 0 Å². The summed E-state index contributed by atoms with van der Waals surface area (Å²) in [5.41, 5.74) is 1.56. The smallest absolute Gasteiger partial charge is 0.108 e. The maximum atomic E-state index is 9.91. The number of rotatable bonds is 1. The fraction of sp³-hybridized carbons (Fsp3) is 0.250. The Bertz CT molecular complexity index is 223. The van der Waals surface area contributed by atoms with E-state index in [4.69, 9.17) is 5.11 Å². The third-order valence-electron chi connectivity index (χ3n) is 1.11. The summed E-state index contributed by atoms with van der Waals surface area (Å²) in [6, 6.07) is 7.16. The van der Waals surface area contributed by atoms with Gasteiger partial charge in [-0.2, -0.15) is 0 Å². The molecule has 0 aliphatic carbocycles. The summed E-state index contributed by atoms with van der Waals surface area (Å²) in [6.45, 7) is 1.93. The molecule has 3 heteroatoms. The van der Waals surface area contributed by atoms with Crippen molar-refractivity contribution in [2.75, 3.05) is 7.11 Å². The van der Waals surface area contributed by atoms with Crippen molar-refractivity contribution in [1.82, 2.24) is 0 Å². The van der Waals surface area contributed by atoms with Gasteiger partial charge in [0.2, 0.25) is 0 Å². The first-order valence-electron chi connectivity index (χ1n) is 3.17. The van der Waals surface area contributed by atoms with Crippen LogP contribution in [0.5, 0.6) is 0 Å². The number of hydrogen-bond acceptors (Lipinski definition) is 3. The SMILES string of the molecule is CO.Cc1cccc(N=O)c1. The number of hydrogen-bond donors (Lipinski definition) is 1. The summed E-state index contributed by atoms with van der Waals surface area (Å²) >= 11 is 0. The van der Waals surface area contributed by atoms with Gasteiger partial charge in [-0.1, -0.05) is 12.1 Å². The molecule has 0 atom stereocenters. The standard InChI is InChI=1S/C7H7NO.CH4O/c1-6-3-2-4-7(5-6)8-9;1-2/h2-5H,1H3;2H,1H3. The first-order chi connectivity index (χ1) is 5.33. The quantitative estimate of drug-likeness (QED) is 0.627. The minimum Gasteiger partial charge on any atom is -0.400 e. The Labute approximate surface area is 65.7 Å². The highest BCUT2D eigenvalue weighted by Crippen LogP contribution is 2.11. The lowest BCUT2D eigenvalue weighted by molar-refractivity contribution is 0.399. The molecule has 0 radical (unpaired) electrons. The van der Waals surface area contributed by atoms with E-state index >= 15 is 0 Å². The van der Waals surface area contributed by atoms with Crippen molar-refractivity contribution in [3.8, 4) is 0 Å². The molecule has 0 fully saturated rings. The van der Waals surface area contributed by atoms with E-state index in [9.17, 15) is 4.91 Å². The van der Waals surface area contributed by atoms with Gasteiger partial charge in [0.15, 0.2) is 0 Å². The lowest BCUT2D eigenvalue weighted by Crippen LogP contribution is -1.66. The topological polar surface area (TPSA) is 49.7 Å². The Morgan fingerprint density at radius 2 is 2.00 bits per heavy atom. The Morgan fingerprint density at radius 1 is 1.36 bits per heavy atom.